The summed E-state index contributed by atoms with van der Waals surface area (Å²) in [5.74, 6) is 1.31. The molecule has 8 heteroatoms. The highest BCUT2D eigenvalue weighted by molar-refractivity contribution is 8.16. The second kappa shape index (κ2) is 11.2. The summed E-state index contributed by atoms with van der Waals surface area (Å²) < 4.78 is 6.14. The van der Waals surface area contributed by atoms with Crippen molar-refractivity contribution >= 4 is 16.8 Å². The van der Waals surface area contributed by atoms with Crippen LogP contribution in [0.5, 0.6) is 11.6 Å². The monoisotopic (exact) mass is 445 g/mol. The highest BCUT2D eigenvalue weighted by Gasteiger charge is 2.15. The summed E-state index contributed by atoms with van der Waals surface area (Å²) in [4.78, 5) is 13.4. The molecule has 1 heterocycles. The SMILES string of the molecule is C=CS/C(=N\C[C@H](O)CN)c1ccc(C#N)cc1Oc1cc(-c2ccccc2)nc(C)n1. The van der Waals surface area contributed by atoms with Gasteiger partial charge in [-0.1, -0.05) is 48.7 Å². The Labute approximate surface area is 191 Å². The van der Waals surface area contributed by atoms with Crippen LogP contribution in [0.4, 0.5) is 0 Å². The molecule has 3 rings (SSSR count). The molecule has 3 aromatic rings. The number of aliphatic hydroxyl groups is 1. The van der Waals surface area contributed by atoms with Crippen molar-refractivity contribution in [2.45, 2.75) is 13.0 Å². The second-order valence-corrected chi connectivity index (χ2v) is 7.71. The molecule has 0 saturated carbocycles. The summed E-state index contributed by atoms with van der Waals surface area (Å²) in [6.07, 6.45) is -0.754. The van der Waals surface area contributed by atoms with Gasteiger partial charge in [-0.05, 0) is 30.5 Å². The van der Waals surface area contributed by atoms with Crippen LogP contribution in [-0.2, 0) is 0 Å². The lowest BCUT2D eigenvalue weighted by Crippen LogP contribution is -2.23. The van der Waals surface area contributed by atoms with Gasteiger partial charge in [-0.15, -0.1) is 0 Å². The maximum Gasteiger partial charge on any atom is 0.223 e. The average molecular weight is 446 g/mol. The number of benzene rings is 2. The van der Waals surface area contributed by atoms with E-state index in [1.54, 1.807) is 36.6 Å². The largest absolute Gasteiger partial charge is 0.438 e. The Kier molecular flexibility index (Phi) is 8.11. The normalized spacial score (nSPS) is 12.1. The van der Waals surface area contributed by atoms with E-state index in [2.05, 4.69) is 27.6 Å². The lowest BCUT2D eigenvalue weighted by Gasteiger charge is -2.14. The smallest absolute Gasteiger partial charge is 0.223 e. The van der Waals surface area contributed by atoms with Gasteiger partial charge in [0.05, 0.1) is 30.0 Å². The van der Waals surface area contributed by atoms with Crippen LogP contribution >= 0.6 is 11.8 Å². The third-order valence-corrected chi connectivity index (χ3v) is 5.09. The molecule has 0 amide bonds. The van der Waals surface area contributed by atoms with E-state index >= 15 is 0 Å². The Morgan fingerprint density at radius 3 is 2.75 bits per heavy atom. The number of aliphatic hydroxyl groups excluding tert-OH is 1. The lowest BCUT2D eigenvalue weighted by molar-refractivity contribution is 0.192. The molecule has 0 aliphatic heterocycles. The number of hydrogen-bond acceptors (Lipinski definition) is 8. The van der Waals surface area contributed by atoms with E-state index in [1.165, 1.54) is 11.8 Å². The van der Waals surface area contributed by atoms with E-state index in [4.69, 9.17) is 10.5 Å². The first-order chi connectivity index (χ1) is 15.5. The highest BCUT2D eigenvalue weighted by atomic mass is 32.2. The molecule has 2 aromatic carbocycles. The van der Waals surface area contributed by atoms with Crippen LogP contribution in [0.1, 0.15) is 17.0 Å². The zero-order valence-electron chi connectivity index (χ0n) is 17.6. The predicted octanol–water partition coefficient (Wildman–Crippen LogP) is 4.06. The number of ether oxygens (including phenoxy) is 1. The fraction of sp³-hybridized carbons (Fsp3) is 0.167. The summed E-state index contributed by atoms with van der Waals surface area (Å²) in [5, 5.41) is 21.4. The summed E-state index contributed by atoms with van der Waals surface area (Å²) in [6, 6.07) is 18.7. The van der Waals surface area contributed by atoms with Crippen molar-refractivity contribution < 1.29 is 9.84 Å². The molecule has 1 atom stereocenters. The fourth-order valence-electron chi connectivity index (χ4n) is 2.84. The number of hydrogen-bond donors (Lipinski definition) is 2. The summed E-state index contributed by atoms with van der Waals surface area (Å²) in [7, 11) is 0. The van der Waals surface area contributed by atoms with Crippen molar-refractivity contribution in [2.24, 2.45) is 10.7 Å². The number of thioether (sulfide) groups is 1. The first-order valence-electron chi connectivity index (χ1n) is 9.87. The van der Waals surface area contributed by atoms with Gasteiger partial charge in [0.25, 0.3) is 0 Å². The summed E-state index contributed by atoms with van der Waals surface area (Å²) in [6.45, 7) is 5.79. The van der Waals surface area contributed by atoms with Crippen molar-refractivity contribution in [3.63, 3.8) is 0 Å². The van der Waals surface area contributed by atoms with Gasteiger partial charge in [0.2, 0.25) is 5.88 Å². The van der Waals surface area contributed by atoms with Crippen LogP contribution in [0, 0.1) is 18.3 Å². The minimum absolute atomic E-state index is 0.106. The van der Waals surface area contributed by atoms with Gasteiger partial charge in [-0.25, -0.2) is 4.98 Å². The molecule has 32 heavy (non-hydrogen) atoms. The van der Waals surface area contributed by atoms with E-state index in [0.717, 1.165) is 11.3 Å². The van der Waals surface area contributed by atoms with Crippen LogP contribution in [0.15, 0.2) is 71.6 Å². The zero-order chi connectivity index (χ0) is 22.9. The molecule has 0 radical (unpaired) electrons. The van der Waals surface area contributed by atoms with Gasteiger partial charge in [0.1, 0.15) is 16.6 Å². The third kappa shape index (κ3) is 6.02. The van der Waals surface area contributed by atoms with Crippen molar-refractivity contribution in [1.29, 1.82) is 5.26 Å². The molecular formula is C24H23N5O2S. The number of aryl methyl sites for hydroxylation is 1. The van der Waals surface area contributed by atoms with Crippen LogP contribution in [0.3, 0.4) is 0 Å². The third-order valence-electron chi connectivity index (χ3n) is 4.35. The molecule has 0 unspecified atom stereocenters. The zero-order valence-corrected chi connectivity index (χ0v) is 18.4. The Balaban J connectivity index is 2.03. The Morgan fingerprint density at radius 1 is 1.28 bits per heavy atom. The van der Waals surface area contributed by atoms with Crippen LogP contribution in [0.2, 0.25) is 0 Å². The van der Waals surface area contributed by atoms with Crippen LogP contribution in [0.25, 0.3) is 11.3 Å². The van der Waals surface area contributed by atoms with Gasteiger partial charge < -0.3 is 15.6 Å². The first kappa shape index (κ1) is 23.2. The van der Waals surface area contributed by atoms with Crippen molar-refractivity contribution in [1.82, 2.24) is 9.97 Å². The minimum atomic E-state index is -0.754. The maximum absolute atomic E-state index is 9.82. The summed E-state index contributed by atoms with van der Waals surface area (Å²) >= 11 is 1.29. The summed E-state index contributed by atoms with van der Waals surface area (Å²) in [5.41, 5.74) is 8.25. The number of nitriles is 1. The van der Waals surface area contributed by atoms with Crippen molar-refractivity contribution in [2.75, 3.05) is 13.1 Å². The van der Waals surface area contributed by atoms with E-state index in [-0.39, 0.29) is 13.1 Å². The fourth-order valence-corrected chi connectivity index (χ4v) is 3.45. The number of nitrogens with two attached hydrogens (primary N) is 1. The number of rotatable bonds is 8. The maximum atomic E-state index is 9.82. The molecular weight excluding hydrogens is 422 g/mol. The standard InChI is InChI=1S/C24H23N5O2S/c1-3-32-24(27-15-19(30)14-26)20-10-9-17(13-25)11-22(20)31-23-12-21(28-16(2)29-23)18-7-5-4-6-8-18/h3-12,19,30H,1,14-15,26H2,2H3/b27-24-/t19-/m1/s1. The van der Waals surface area contributed by atoms with Crippen molar-refractivity contribution in [3.05, 3.63) is 83.5 Å². The molecule has 0 aliphatic carbocycles. The average Bonchev–Trinajstić information content (AvgIpc) is 2.81. The first-order valence-corrected chi connectivity index (χ1v) is 10.8. The van der Waals surface area contributed by atoms with E-state index in [0.29, 0.717) is 33.6 Å². The van der Waals surface area contributed by atoms with Crippen LogP contribution < -0.4 is 10.5 Å². The molecule has 162 valence electrons. The van der Waals surface area contributed by atoms with Crippen LogP contribution in [-0.4, -0.2) is 39.3 Å². The highest BCUT2D eigenvalue weighted by Crippen LogP contribution is 2.31. The van der Waals surface area contributed by atoms with Gasteiger partial charge in [0, 0.05) is 23.7 Å². The molecule has 0 saturated heterocycles. The molecule has 3 N–H and O–H groups in total. The predicted molar refractivity (Wildman–Crippen MR) is 128 cm³/mol. The van der Waals surface area contributed by atoms with Gasteiger partial charge in [-0.2, -0.15) is 10.2 Å². The second-order valence-electron chi connectivity index (χ2n) is 6.75. The number of aliphatic imine (C=N–C) groups is 1. The lowest BCUT2D eigenvalue weighted by atomic mass is 10.1. The Bertz CT molecular complexity index is 1160. The quantitative estimate of drug-likeness (QED) is 0.396. The van der Waals surface area contributed by atoms with Gasteiger partial charge in [0.15, 0.2) is 0 Å². The molecule has 0 bridgehead atoms. The number of nitrogens with zero attached hydrogens (tertiary/aromatic N) is 4. The number of aromatic nitrogens is 2. The molecule has 0 aliphatic rings. The minimum Gasteiger partial charge on any atom is -0.438 e. The molecule has 1 aromatic heterocycles. The van der Waals surface area contributed by atoms with Gasteiger partial charge >= 0.3 is 0 Å². The molecule has 0 fully saturated rings. The molecule has 0 spiro atoms. The van der Waals surface area contributed by atoms with E-state index in [1.807, 2.05) is 30.3 Å². The Hall–Kier alpha value is -3.51. The Morgan fingerprint density at radius 2 is 2.06 bits per heavy atom. The van der Waals surface area contributed by atoms with E-state index < -0.39 is 6.10 Å². The topological polar surface area (TPSA) is 117 Å². The molecule has 7 nitrogen and oxygen atoms in total. The van der Waals surface area contributed by atoms with E-state index in [9.17, 15) is 10.4 Å². The van der Waals surface area contributed by atoms with Crippen molar-refractivity contribution in [3.8, 4) is 29.0 Å². The van der Waals surface area contributed by atoms with Gasteiger partial charge in [-0.3, -0.25) is 4.99 Å².